The van der Waals surface area contributed by atoms with Gasteiger partial charge in [-0.1, -0.05) is 6.07 Å². The van der Waals surface area contributed by atoms with Crippen LogP contribution >= 0.6 is 0 Å². The highest BCUT2D eigenvalue weighted by atomic mass is 14.7. The van der Waals surface area contributed by atoms with Crippen LogP contribution < -0.4 is 5.73 Å². The van der Waals surface area contributed by atoms with Crippen molar-refractivity contribution >= 4 is 10.9 Å². The minimum absolute atomic E-state index is 0.611. The lowest BCUT2D eigenvalue weighted by Gasteiger charge is -1.94. The molecular weight excluding hydrogens is 148 g/mol. The van der Waals surface area contributed by atoms with Crippen molar-refractivity contribution in [3.05, 3.63) is 35.5 Å². The molecule has 0 unspecified atom stereocenters. The van der Waals surface area contributed by atoms with E-state index in [-0.39, 0.29) is 0 Å². The molecule has 62 valence electrons. The second kappa shape index (κ2) is 2.64. The van der Waals surface area contributed by atoms with Crippen LogP contribution in [0.4, 0.5) is 0 Å². The van der Waals surface area contributed by atoms with E-state index >= 15 is 0 Å². The molecule has 0 radical (unpaired) electrons. The highest BCUT2D eigenvalue weighted by Crippen LogP contribution is 2.16. The van der Waals surface area contributed by atoms with Crippen molar-refractivity contribution in [1.29, 1.82) is 0 Å². The first-order valence-corrected chi connectivity index (χ1v) is 4.08. The summed E-state index contributed by atoms with van der Waals surface area (Å²) >= 11 is 0. The van der Waals surface area contributed by atoms with Gasteiger partial charge in [-0.25, -0.2) is 0 Å². The van der Waals surface area contributed by atoms with E-state index in [9.17, 15) is 0 Å². The Balaban J connectivity index is 2.66. The molecule has 0 saturated carbocycles. The van der Waals surface area contributed by atoms with E-state index in [4.69, 9.17) is 5.73 Å². The first-order valence-electron chi connectivity index (χ1n) is 4.08. The number of aromatic nitrogens is 1. The lowest BCUT2D eigenvalue weighted by molar-refractivity contribution is 1.08. The normalized spacial score (nSPS) is 10.8. The number of rotatable bonds is 1. The predicted molar refractivity (Wildman–Crippen MR) is 50.9 cm³/mol. The van der Waals surface area contributed by atoms with Gasteiger partial charge in [-0.15, -0.1) is 0 Å². The molecule has 0 spiro atoms. The van der Waals surface area contributed by atoms with Gasteiger partial charge in [0.1, 0.15) is 0 Å². The van der Waals surface area contributed by atoms with Gasteiger partial charge in [0.05, 0.1) is 0 Å². The number of H-pyrrole nitrogens is 1. The molecule has 0 amide bonds. The number of aryl methyl sites for hydroxylation is 1. The smallest absolute Gasteiger partial charge is 0.0456 e. The van der Waals surface area contributed by atoms with Gasteiger partial charge in [-0.2, -0.15) is 0 Å². The molecule has 2 nitrogen and oxygen atoms in total. The molecule has 1 aromatic carbocycles. The Bertz CT molecular complexity index is 401. The van der Waals surface area contributed by atoms with Crippen LogP contribution in [-0.2, 0) is 6.54 Å². The van der Waals surface area contributed by atoms with Crippen molar-refractivity contribution < 1.29 is 0 Å². The number of nitrogens with one attached hydrogen (secondary N) is 1. The third-order valence-corrected chi connectivity index (χ3v) is 2.06. The van der Waals surface area contributed by atoms with Crippen LogP contribution in [-0.4, -0.2) is 4.98 Å². The van der Waals surface area contributed by atoms with Crippen LogP contribution in [0.25, 0.3) is 10.9 Å². The molecule has 12 heavy (non-hydrogen) atoms. The van der Waals surface area contributed by atoms with Gasteiger partial charge in [-0.05, 0) is 36.1 Å². The second-order valence-electron chi connectivity index (χ2n) is 3.08. The van der Waals surface area contributed by atoms with Crippen LogP contribution in [0.2, 0.25) is 0 Å². The van der Waals surface area contributed by atoms with E-state index in [0.29, 0.717) is 6.54 Å². The fraction of sp³-hybridized carbons (Fsp3) is 0.200. The number of nitrogens with two attached hydrogens (primary N) is 1. The average Bonchev–Trinajstić information content (AvgIpc) is 2.43. The number of benzene rings is 1. The van der Waals surface area contributed by atoms with Crippen molar-refractivity contribution in [2.75, 3.05) is 0 Å². The maximum absolute atomic E-state index is 5.54. The van der Waals surface area contributed by atoms with Crippen LogP contribution in [0.15, 0.2) is 24.3 Å². The monoisotopic (exact) mass is 160 g/mol. The average molecular weight is 160 g/mol. The maximum atomic E-state index is 5.54. The summed E-state index contributed by atoms with van der Waals surface area (Å²) < 4.78 is 0. The van der Waals surface area contributed by atoms with Gasteiger partial charge in [0, 0.05) is 17.8 Å². The number of hydrogen-bond donors (Lipinski definition) is 2. The standard InChI is InChI=1S/C10H12N2/c1-7-4-9-5-8(6-11)2-3-10(9)12-7/h2-5,12H,6,11H2,1H3. The van der Waals surface area contributed by atoms with Crippen LogP contribution in [0.3, 0.4) is 0 Å². The zero-order chi connectivity index (χ0) is 8.55. The molecule has 0 aliphatic carbocycles. The lowest BCUT2D eigenvalue weighted by atomic mass is 10.1. The van der Waals surface area contributed by atoms with E-state index in [1.54, 1.807) is 0 Å². The first-order chi connectivity index (χ1) is 5.79. The SMILES string of the molecule is Cc1cc2cc(CN)ccc2[nH]1. The Hall–Kier alpha value is -1.28. The Kier molecular flexibility index (Phi) is 1.62. The van der Waals surface area contributed by atoms with Gasteiger partial charge in [0.15, 0.2) is 0 Å². The Morgan fingerprint density at radius 1 is 1.33 bits per heavy atom. The fourth-order valence-electron chi connectivity index (χ4n) is 1.45. The molecule has 2 aromatic rings. The fourth-order valence-corrected chi connectivity index (χ4v) is 1.45. The number of hydrogen-bond acceptors (Lipinski definition) is 1. The van der Waals surface area contributed by atoms with Gasteiger partial charge >= 0.3 is 0 Å². The summed E-state index contributed by atoms with van der Waals surface area (Å²) in [4.78, 5) is 3.27. The van der Waals surface area contributed by atoms with Gasteiger partial charge < -0.3 is 10.7 Å². The lowest BCUT2D eigenvalue weighted by Crippen LogP contribution is -1.94. The summed E-state index contributed by atoms with van der Waals surface area (Å²) in [6, 6.07) is 8.39. The van der Waals surface area contributed by atoms with E-state index in [1.165, 1.54) is 22.2 Å². The minimum Gasteiger partial charge on any atom is -0.359 e. The topological polar surface area (TPSA) is 41.8 Å². The highest BCUT2D eigenvalue weighted by molar-refractivity contribution is 5.81. The maximum Gasteiger partial charge on any atom is 0.0456 e. The van der Waals surface area contributed by atoms with Crippen molar-refractivity contribution in [2.45, 2.75) is 13.5 Å². The summed E-state index contributed by atoms with van der Waals surface area (Å²) in [7, 11) is 0. The van der Waals surface area contributed by atoms with Crippen molar-refractivity contribution in [1.82, 2.24) is 4.98 Å². The molecule has 0 aliphatic heterocycles. The molecular formula is C10H12N2. The summed E-state index contributed by atoms with van der Waals surface area (Å²) in [6.07, 6.45) is 0. The highest BCUT2D eigenvalue weighted by Gasteiger charge is 1.97. The van der Waals surface area contributed by atoms with Crippen LogP contribution in [0.5, 0.6) is 0 Å². The van der Waals surface area contributed by atoms with E-state index < -0.39 is 0 Å². The van der Waals surface area contributed by atoms with Crippen LogP contribution in [0, 0.1) is 6.92 Å². The predicted octanol–water partition coefficient (Wildman–Crippen LogP) is 1.94. The van der Waals surface area contributed by atoms with E-state index in [2.05, 4.69) is 36.2 Å². The largest absolute Gasteiger partial charge is 0.359 e. The Morgan fingerprint density at radius 2 is 2.17 bits per heavy atom. The zero-order valence-electron chi connectivity index (χ0n) is 7.09. The van der Waals surface area contributed by atoms with Crippen molar-refractivity contribution in [3.8, 4) is 0 Å². The van der Waals surface area contributed by atoms with Crippen molar-refractivity contribution in [2.24, 2.45) is 5.73 Å². The Morgan fingerprint density at radius 3 is 2.92 bits per heavy atom. The molecule has 3 N–H and O–H groups in total. The second-order valence-corrected chi connectivity index (χ2v) is 3.08. The Labute approximate surface area is 71.4 Å². The molecule has 1 heterocycles. The molecule has 0 atom stereocenters. The summed E-state index contributed by atoms with van der Waals surface area (Å²) in [6.45, 7) is 2.67. The first kappa shape index (κ1) is 7.37. The zero-order valence-corrected chi connectivity index (χ0v) is 7.09. The van der Waals surface area contributed by atoms with E-state index in [1.807, 2.05) is 0 Å². The number of aromatic amines is 1. The summed E-state index contributed by atoms with van der Waals surface area (Å²) in [5.74, 6) is 0. The number of fused-ring (bicyclic) bond motifs is 1. The molecule has 1 aromatic heterocycles. The van der Waals surface area contributed by atoms with Gasteiger partial charge in [0.2, 0.25) is 0 Å². The molecule has 0 aliphatic rings. The molecule has 0 bridgehead atoms. The minimum atomic E-state index is 0.611. The quantitative estimate of drug-likeness (QED) is 0.657. The third-order valence-electron chi connectivity index (χ3n) is 2.06. The summed E-state index contributed by atoms with van der Waals surface area (Å²) in [5, 5.41) is 1.25. The van der Waals surface area contributed by atoms with Gasteiger partial charge in [-0.3, -0.25) is 0 Å². The van der Waals surface area contributed by atoms with Gasteiger partial charge in [0.25, 0.3) is 0 Å². The van der Waals surface area contributed by atoms with Crippen LogP contribution in [0.1, 0.15) is 11.3 Å². The molecule has 0 saturated heterocycles. The van der Waals surface area contributed by atoms with Crippen molar-refractivity contribution in [3.63, 3.8) is 0 Å². The summed E-state index contributed by atoms with van der Waals surface area (Å²) in [5.41, 5.74) is 9.10. The third kappa shape index (κ3) is 1.10. The molecule has 2 rings (SSSR count). The molecule has 0 fully saturated rings. The van der Waals surface area contributed by atoms with E-state index in [0.717, 1.165) is 0 Å². The molecule has 2 heteroatoms.